The van der Waals surface area contributed by atoms with Crippen molar-refractivity contribution in [3.8, 4) is 0 Å². The SMILES string of the molecule is COCc1cc(NC2CCN(S(=O)(=O)C3CC3)CC2)nc(C(C)(C)C)n1. The Labute approximate surface area is 156 Å². The lowest BCUT2D eigenvalue weighted by molar-refractivity contribution is 0.181. The lowest BCUT2D eigenvalue weighted by Gasteiger charge is -2.32. The van der Waals surface area contributed by atoms with Gasteiger partial charge in [0.15, 0.2) is 0 Å². The van der Waals surface area contributed by atoms with Gasteiger partial charge in [-0.2, -0.15) is 0 Å². The molecule has 7 nitrogen and oxygen atoms in total. The van der Waals surface area contributed by atoms with Crippen molar-refractivity contribution in [1.29, 1.82) is 0 Å². The zero-order chi connectivity index (χ0) is 18.9. The number of hydrogen-bond donors (Lipinski definition) is 1. The quantitative estimate of drug-likeness (QED) is 0.813. The molecule has 1 N–H and O–H groups in total. The smallest absolute Gasteiger partial charge is 0.216 e. The molecule has 0 spiro atoms. The number of nitrogens with zero attached hydrogens (tertiary/aromatic N) is 3. The molecule has 8 heteroatoms. The van der Waals surface area contributed by atoms with Crippen LogP contribution >= 0.6 is 0 Å². The molecule has 0 bridgehead atoms. The molecule has 1 aromatic rings. The normalized spacial score (nSPS) is 20.3. The van der Waals surface area contributed by atoms with Crippen molar-refractivity contribution < 1.29 is 13.2 Å². The van der Waals surface area contributed by atoms with Gasteiger partial charge in [0.1, 0.15) is 11.6 Å². The Kier molecular flexibility index (Phi) is 5.55. The van der Waals surface area contributed by atoms with Crippen LogP contribution in [0.4, 0.5) is 5.82 Å². The summed E-state index contributed by atoms with van der Waals surface area (Å²) >= 11 is 0. The topological polar surface area (TPSA) is 84.4 Å². The van der Waals surface area contributed by atoms with E-state index in [1.54, 1.807) is 11.4 Å². The van der Waals surface area contributed by atoms with Crippen LogP contribution in [0.1, 0.15) is 58.0 Å². The van der Waals surface area contributed by atoms with E-state index in [-0.39, 0.29) is 16.7 Å². The van der Waals surface area contributed by atoms with Gasteiger partial charge >= 0.3 is 0 Å². The summed E-state index contributed by atoms with van der Waals surface area (Å²) < 4.78 is 31.6. The van der Waals surface area contributed by atoms with Gasteiger partial charge in [0.2, 0.25) is 10.0 Å². The molecule has 0 amide bonds. The highest BCUT2D eigenvalue weighted by atomic mass is 32.2. The summed E-state index contributed by atoms with van der Waals surface area (Å²) in [4.78, 5) is 9.27. The number of anilines is 1. The Hall–Kier alpha value is -1.25. The second-order valence-corrected chi connectivity index (χ2v) is 10.5. The monoisotopic (exact) mass is 382 g/mol. The molecular weight excluding hydrogens is 352 g/mol. The molecule has 0 radical (unpaired) electrons. The predicted octanol–water partition coefficient (Wildman–Crippen LogP) is 2.29. The van der Waals surface area contributed by atoms with E-state index in [4.69, 9.17) is 4.74 Å². The van der Waals surface area contributed by atoms with Crippen LogP contribution in [0.15, 0.2) is 6.07 Å². The Bertz CT molecular complexity index is 733. The number of rotatable bonds is 6. The van der Waals surface area contributed by atoms with E-state index >= 15 is 0 Å². The molecule has 1 saturated heterocycles. The molecule has 0 aromatic carbocycles. The van der Waals surface area contributed by atoms with Gasteiger partial charge in [0.25, 0.3) is 0 Å². The highest BCUT2D eigenvalue weighted by Gasteiger charge is 2.41. The highest BCUT2D eigenvalue weighted by molar-refractivity contribution is 7.90. The second kappa shape index (κ2) is 7.40. The van der Waals surface area contributed by atoms with Crippen LogP contribution in [0.5, 0.6) is 0 Å². The second-order valence-electron chi connectivity index (χ2n) is 8.31. The highest BCUT2D eigenvalue weighted by Crippen LogP contribution is 2.32. The molecule has 1 aromatic heterocycles. The van der Waals surface area contributed by atoms with Crippen LogP contribution in [-0.4, -0.2) is 54.2 Å². The minimum absolute atomic E-state index is 0.125. The van der Waals surface area contributed by atoms with Crippen LogP contribution in [0, 0.1) is 0 Å². The molecule has 0 unspecified atom stereocenters. The number of hydrogen-bond acceptors (Lipinski definition) is 6. The Morgan fingerprint density at radius 1 is 1.19 bits per heavy atom. The maximum Gasteiger partial charge on any atom is 0.216 e. The van der Waals surface area contributed by atoms with E-state index in [2.05, 4.69) is 36.1 Å². The van der Waals surface area contributed by atoms with Crippen LogP contribution in [-0.2, 0) is 26.8 Å². The minimum atomic E-state index is -3.06. The lowest BCUT2D eigenvalue weighted by atomic mass is 9.95. The van der Waals surface area contributed by atoms with Crippen molar-refractivity contribution in [2.24, 2.45) is 0 Å². The first-order valence-electron chi connectivity index (χ1n) is 9.33. The first-order valence-corrected chi connectivity index (χ1v) is 10.8. The fraction of sp³-hybridized carbons (Fsp3) is 0.778. The Morgan fingerprint density at radius 2 is 1.85 bits per heavy atom. The summed E-state index contributed by atoms with van der Waals surface area (Å²) in [5, 5.41) is 3.36. The lowest BCUT2D eigenvalue weighted by Crippen LogP contribution is -2.43. The summed E-state index contributed by atoms with van der Waals surface area (Å²) in [6.45, 7) is 7.87. The molecule has 2 fully saturated rings. The fourth-order valence-corrected chi connectivity index (χ4v) is 5.04. The largest absolute Gasteiger partial charge is 0.378 e. The molecule has 3 rings (SSSR count). The Morgan fingerprint density at radius 3 is 2.38 bits per heavy atom. The molecule has 0 atom stereocenters. The average molecular weight is 383 g/mol. The van der Waals surface area contributed by atoms with E-state index in [9.17, 15) is 8.42 Å². The Balaban J connectivity index is 1.66. The van der Waals surface area contributed by atoms with Gasteiger partial charge in [0, 0.05) is 37.7 Å². The van der Waals surface area contributed by atoms with Gasteiger partial charge in [-0.05, 0) is 25.7 Å². The summed E-state index contributed by atoms with van der Waals surface area (Å²) in [6.07, 6.45) is 3.22. The van der Waals surface area contributed by atoms with Crippen LogP contribution in [0.3, 0.4) is 0 Å². The summed E-state index contributed by atoms with van der Waals surface area (Å²) in [7, 11) is -1.41. The van der Waals surface area contributed by atoms with E-state index in [1.165, 1.54) is 0 Å². The summed E-state index contributed by atoms with van der Waals surface area (Å²) in [5.74, 6) is 1.57. The predicted molar refractivity (Wildman–Crippen MR) is 102 cm³/mol. The van der Waals surface area contributed by atoms with Gasteiger partial charge in [-0.15, -0.1) is 0 Å². The van der Waals surface area contributed by atoms with Gasteiger partial charge < -0.3 is 10.1 Å². The molecule has 146 valence electrons. The molecule has 1 saturated carbocycles. The van der Waals surface area contributed by atoms with Crippen LogP contribution in [0.2, 0.25) is 0 Å². The maximum absolute atomic E-state index is 12.4. The van der Waals surface area contributed by atoms with Crippen molar-refractivity contribution in [3.05, 3.63) is 17.6 Å². The first-order chi connectivity index (χ1) is 12.2. The van der Waals surface area contributed by atoms with Gasteiger partial charge in [-0.25, -0.2) is 22.7 Å². The number of aromatic nitrogens is 2. The first kappa shape index (κ1) is 19.5. The fourth-order valence-electron chi connectivity index (χ4n) is 3.17. The molecule has 1 aliphatic heterocycles. The maximum atomic E-state index is 12.4. The van der Waals surface area contributed by atoms with E-state index < -0.39 is 10.0 Å². The number of methoxy groups -OCH3 is 1. The van der Waals surface area contributed by atoms with Gasteiger partial charge in [-0.1, -0.05) is 20.8 Å². The van der Waals surface area contributed by atoms with Crippen molar-refractivity contribution in [2.45, 2.75) is 69.8 Å². The number of ether oxygens (including phenoxy) is 1. The molecular formula is C18H30N4O3S. The number of sulfonamides is 1. The number of nitrogens with one attached hydrogen (secondary N) is 1. The van der Waals surface area contributed by atoms with Crippen molar-refractivity contribution in [3.63, 3.8) is 0 Å². The van der Waals surface area contributed by atoms with Crippen molar-refractivity contribution in [2.75, 3.05) is 25.5 Å². The van der Waals surface area contributed by atoms with E-state index in [0.717, 1.165) is 43.0 Å². The third kappa shape index (κ3) is 4.53. The van der Waals surface area contributed by atoms with E-state index in [0.29, 0.717) is 19.7 Å². The third-order valence-electron chi connectivity index (χ3n) is 4.85. The molecule has 2 heterocycles. The van der Waals surface area contributed by atoms with E-state index in [1.807, 2.05) is 6.07 Å². The van der Waals surface area contributed by atoms with Crippen molar-refractivity contribution >= 4 is 15.8 Å². The van der Waals surface area contributed by atoms with Crippen LogP contribution < -0.4 is 5.32 Å². The third-order valence-corrected chi connectivity index (χ3v) is 7.25. The van der Waals surface area contributed by atoms with Gasteiger partial charge in [-0.3, -0.25) is 0 Å². The summed E-state index contributed by atoms with van der Waals surface area (Å²) in [6, 6.07) is 2.14. The zero-order valence-corrected chi connectivity index (χ0v) is 17.0. The van der Waals surface area contributed by atoms with Gasteiger partial charge in [0.05, 0.1) is 17.6 Å². The van der Waals surface area contributed by atoms with Crippen LogP contribution in [0.25, 0.3) is 0 Å². The minimum Gasteiger partial charge on any atom is -0.378 e. The molecule has 26 heavy (non-hydrogen) atoms. The molecule has 1 aliphatic carbocycles. The average Bonchev–Trinajstić information content (AvgIpc) is 3.40. The standard InChI is InChI=1S/C18H30N4O3S/c1-18(2,3)17-20-14(12-25-4)11-16(21-17)19-13-7-9-22(10-8-13)26(23,24)15-5-6-15/h11,13,15H,5-10,12H2,1-4H3,(H,19,20,21). The van der Waals surface area contributed by atoms with Crippen molar-refractivity contribution in [1.82, 2.24) is 14.3 Å². The summed E-state index contributed by atoms with van der Waals surface area (Å²) in [5.41, 5.74) is 0.700. The molecule has 2 aliphatic rings. The number of piperidine rings is 1. The zero-order valence-electron chi connectivity index (χ0n) is 16.2.